The fourth-order valence-corrected chi connectivity index (χ4v) is 1.74. The number of hydrogen-bond donors (Lipinski definition) is 2. The Morgan fingerprint density at radius 3 is 2.65 bits per heavy atom. The van der Waals surface area contributed by atoms with E-state index in [-0.39, 0.29) is 13.0 Å². The molecule has 1 aliphatic heterocycles. The van der Waals surface area contributed by atoms with Crippen LogP contribution in [-0.4, -0.2) is 40.5 Å². The molecule has 1 atom stereocenters. The van der Waals surface area contributed by atoms with Gasteiger partial charge in [0.1, 0.15) is 0 Å². The Hall–Kier alpha value is -1.64. The first-order valence-electron chi connectivity index (χ1n) is 4.72. The van der Waals surface area contributed by atoms with Crippen molar-refractivity contribution in [2.24, 2.45) is 0 Å². The van der Waals surface area contributed by atoms with Gasteiger partial charge in [-0.2, -0.15) is 18.2 Å². The summed E-state index contributed by atoms with van der Waals surface area (Å²) >= 11 is 0. The van der Waals surface area contributed by atoms with Crippen molar-refractivity contribution in [1.29, 1.82) is 0 Å². The minimum atomic E-state index is -4.57. The van der Waals surface area contributed by atoms with E-state index in [0.29, 0.717) is 0 Å². The quantitative estimate of drug-likeness (QED) is 0.798. The average Bonchev–Trinajstić information content (AvgIpc) is 2.86. The number of carboxylic acids is 1. The van der Waals surface area contributed by atoms with E-state index >= 15 is 0 Å². The highest BCUT2D eigenvalue weighted by Crippen LogP contribution is 2.44. The maximum absolute atomic E-state index is 13.0. The lowest BCUT2D eigenvalue weighted by atomic mass is 9.86. The van der Waals surface area contributed by atoms with Crippen LogP contribution in [0.1, 0.15) is 22.9 Å². The second kappa shape index (κ2) is 3.69. The van der Waals surface area contributed by atoms with E-state index in [0.717, 1.165) is 0 Å². The van der Waals surface area contributed by atoms with E-state index in [1.807, 2.05) is 0 Å². The summed E-state index contributed by atoms with van der Waals surface area (Å²) in [4.78, 5) is 13.8. The molecule has 9 heteroatoms. The largest absolute Gasteiger partial charge is 0.475 e. The standard InChI is InChI=1S/C8H8F3N3O3/c9-8(10,11)7(1-2-12-3-7)6-13-4(5(15)16)14-17-6/h12H,1-3H2,(H,15,16). The Morgan fingerprint density at radius 1 is 1.53 bits per heavy atom. The van der Waals surface area contributed by atoms with E-state index in [2.05, 4.69) is 20.0 Å². The maximum Gasteiger partial charge on any atom is 0.404 e. The van der Waals surface area contributed by atoms with Gasteiger partial charge in [0.05, 0.1) is 0 Å². The Bertz CT molecular complexity index is 437. The third-order valence-electron chi connectivity index (χ3n) is 2.72. The number of rotatable bonds is 2. The zero-order chi connectivity index (χ0) is 12.7. The highest BCUT2D eigenvalue weighted by molar-refractivity contribution is 5.82. The predicted molar refractivity (Wildman–Crippen MR) is 46.5 cm³/mol. The van der Waals surface area contributed by atoms with Crippen molar-refractivity contribution in [1.82, 2.24) is 15.5 Å². The Labute approximate surface area is 92.8 Å². The first-order valence-corrected chi connectivity index (χ1v) is 4.72. The van der Waals surface area contributed by atoms with Crippen LogP contribution in [0.25, 0.3) is 0 Å². The molecule has 2 N–H and O–H groups in total. The van der Waals surface area contributed by atoms with Crippen molar-refractivity contribution in [3.63, 3.8) is 0 Å². The normalized spacial score (nSPS) is 25.1. The Balaban J connectivity index is 2.43. The molecule has 0 spiro atoms. The summed E-state index contributed by atoms with van der Waals surface area (Å²) in [7, 11) is 0. The van der Waals surface area contributed by atoms with E-state index < -0.39 is 35.8 Å². The molecule has 0 saturated carbocycles. The molecule has 1 unspecified atom stereocenters. The third kappa shape index (κ3) is 1.75. The summed E-state index contributed by atoms with van der Waals surface area (Å²) in [6, 6.07) is 0. The molecular weight excluding hydrogens is 243 g/mol. The van der Waals surface area contributed by atoms with Gasteiger partial charge in [-0.3, -0.25) is 0 Å². The van der Waals surface area contributed by atoms with Crippen molar-refractivity contribution in [2.75, 3.05) is 13.1 Å². The van der Waals surface area contributed by atoms with Crippen molar-refractivity contribution >= 4 is 5.97 Å². The molecule has 2 rings (SSSR count). The summed E-state index contributed by atoms with van der Waals surface area (Å²) in [6.07, 6.45) is -4.82. The first kappa shape index (κ1) is 11.8. The van der Waals surface area contributed by atoms with Gasteiger partial charge in [-0.15, -0.1) is 0 Å². The van der Waals surface area contributed by atoms with Crippen LogP contribution in [-0.2, 0) is 5.41 Å². The molecule has 94 valence electrons. The number of aromatic nitrogens is 2. The summed E-state index contributed by atoms with van der Waals surface area (Å²) < 4.78 is 43.4. The van der Waals surface area contributed by atoms with Crippen molar-refractivity contribution < 1.29 is 27.6 Å². The highest BCUT2D eigenvalue weighted by Gasteiger charge is 2.61. The number of alkyl halides is 3. The van der Waals surface area contributed by atoms with Crippen LogP contribution >= 0.6 is 0 Å². The van der Waals surface area contributed by atoms with E-state index in [1.165, 1.54) is 0 Å². The molecule has 0 radical (unpaired) electrons. The van der Waals surface area contributed by atoms with Crippen LogP contribution in [0.3, 0.4) is 0 Å². The number of carboxylic acid groups (broad SMARTS) is 1. The van der Waals surface area contributed by atoms with Gasteiger partial charge in [0, 0.05) is 6.54 Å². The number of nitrogens with one attached hydrogen (secondary N) is 1. The second-order valence-corrected chi connectivity index (χ2v) is 3.73. The van der Waals surface area contributed by atoms with E-state index in [9.17, 15) is 18.0 Å². The lowest BCUT2D eigenvalue weighted by Crippen LogP contribution is -2.44. The number of hydrogen-bond acceptors (Lipinski definition) is 5. The number of aromatic carboxylic acids is 1. The van der Waals surface area contributed by atoms with Gasteiger partial charge >= 0.3 is 12.1 Å². The molecule has 0 bridgehead atoms. The second-order valence-electron chi connectivity index (χ2n) is 3.73. The number of halogens is 3. The van der Waals surface area contributed by atoms with Gasteiger partial charge in [0.25, 0.3) is 5.82 Å². The lowest BCUT2D eigenvalue weighted by molar-refractivity contribution is -0.191. The minimum absolute atomic E-state index is 0.157. The van der Waals surface area contributed by atoms with Crippen molar-refractivity contribution in [3.8, 4) is 0 Å². The van der Waals surface area contributed by atoms with E-state index in [1.54, 1.807) is 0 Å². The first-order chi connectivity index (χ1) is 7.87. The molecule has 0 amide bonds. The van der Waals surface area contributed by atoms with Crippen molar-refractivity contribution in [2.45, 2.75) is 18.0 Å². The highest BCUT2D eigenvalue weighted by atomic mass is 19.4. The minimum Gasteiger partial charge on any atom is -0.475 e. The zero-order valence-corrected chi connectivity index (χ0v) is 8.41. The van der Waals surface area contributed by atoms with Crippen LogP contribution < -0.4 is 5.32 Å². The van der Waals surface area contributed by atoms with Gasteiger partial charge in [-0.25, -0.2) is 4.79 Å². The average molecular weight is 251 g/mol. The molecular formula is C8H8F3N3O3. The maximum atomic E-state index is 13.0. The van der Waals surface area contributed by atoms with Crippen LogP contribution in [0.15, 0.2) is 4.52 Å². The SMILES string of the molecule is O=C(O)c1noc(C2(C(F)(F)F)CCNC2)n1. The van der Waals surface area contributed by atoms with Gasteiger partial charge < -0.3 is 14.9 Å². The number of nitrogens with zero attached hydrogens (tertiary/aromatic N) is 2. The van der Waals surface area contributed by atoms with Gasteiger partial charge in [0.2, 0.25) is 5.89 Å². The fourth-order valence-electron chi connectivity index (χ4n) is 1.74. The monoisotopic (exact) mass is 251 g/mol. The molecule has 0 aliphatic carbocycles. The molecule has 17 heavy (non-hydrogen) atoms. The summed E-state index contributed by atoms with van der Waals surface area (Å²) in [5.41, 5.74) is -2.28. The Kier molecular flexibility index (Phi) is 2.57. The predicted octanol–water partition coefficient (Wildman–Crippen LogP) is 0.561. The van der Waals surface area contributed by atoms with Crippen LogP contribution in [0.5, 0.6) is 0 Å². The number of carbonyl (C=O) groups is 1. The fraction of sp³-hybridized carbons (Fsp3) is 0.625. The van der Waals surface area contributed by atoms with Crippen LogP contribution in [0.2, 0.25) is 0 Å². The van der Waals surface area contributed by atoms with Crippen LogP contribution in [0, 0.1) is 0 Å². The molecule has 1 aromatic rings. The smallest absolute Gasteiger partial charge is 0.404 e. The van der Waals surface area contributed by atoms with Gasteiger partial charge in [0.15, 0.2) is 5.41 Å². The molecule has 1 saturated heterocycles. The molecule has 0 aromatic carbocycles. The molecule has 1 aliphatic rings. The summed E-state index contributed by atoms with van der Waals surface area (Å²) in [6.45, 7) is -0.234. The van der Waals surface area contributed by atoms with Gasteiger partial charge in [-0.1, -0.05) is 0 Å². The molecule has 2 heterocycles. The molecule has 1 aromatic heterocycles. The lowest BCUT2D eigenvalue weighted by Gasteiger charge is -2.26. The molecule has 1 fully saturated rings. The summed E-state index contributed by atoms with van der Waals surface area (Å²) in [5.74, 6) is -2.99. The van der Waals surface area contributed by atoms with Gasteiger partial charge in [-0.05, 0) is 18.1 Å². The third-order valence-corrected chi connectivity index (χ3v) is 2.72. The van der Waals surface area contributed by atoms with Crippen molar-refractivity contribution in [3.05, 3.63) is 11.7 Å². The van der Waals surface area contributed by atoms with Crippen LogP contribution in [0.4, 0.5) is 13.2 Å². The molecule has 6 nitrogen and oxygen atoms in total. The summed E-state index contributed by atoms with van der Waals surface area (Å²) in [5, 5.41) is 14.1. The zero-order valence-electron chi connectivity index (χ0n) is 8.41. The van der Waals surface area contributed by atoms with E-state index in [4.69, 9.17) is 5.11 Å². The topological polar surface area (TPSA) is 88.2 Å². The Morgan fingerprint density at radius 2 is 2.24 bits per heavy atom.